The molecule has 2 N–H and O–H groups in total. The first-order valence-corrected chi connectivity index (χ1v) is 7.21. The van der Waals surface area contributed by atoms with E-state index in [0.29, 0.717) is 13.1 Å². The molecule has 5 heteroatoms. The summed E-state index contributed by atoms with van der Waals surface area (Å²) in [6, 6.07) is 5.69. The Morgan fingerprint density at radius 2 is 2.05 bits per heavy atom. The second kappa shape index (κ2) is 7.88. The van der Waals surface area contributed by atoms with Crippen LogP contribution in [0.1, 0.15) is 31.9 Å². The minimum absolute atomic E-state index is 0.0391. The Morgan fingerprint density at radius 1 is 1.38 bits per heavy atom. The summed E-state index contributed by atoms with van der Waals surface area (Å²) in [5.41, 5.74) is 2.05. The van der Waals surface area contributed by atoms with Gasteiger partial charge in [0.2, 0.25) is 0 Å². The molecule has 0 saturated heterocycles. The summed E-state index contributed by atoms with van der Waals surface area (Å²) < 4.78 is 5.22. The number of nitrogens with zero attached hydrogens (tertiary/aromatic N) is 1. The lowest BCUT2D eigenvalue weighted by atomic mass is 10.1. The molecular formula is C16H26N2O3. The van der Waals surface area contributed by atoms with Crippen molar-refractivity contribution in [1.82, 2.24) is 10.2 Å². The molecule has 1 unspecified atom stereocenters. The number of nitrogens with one attached hydrogen (secondary N) is 1. The normalized spacial score (nSPS) is 12.1. The number of ether oxygens (including phenoxy) is 1. The number of urea groups is 1. The lowest BCUT2D eigenvalue weighted by Crippen LogP contribution is -2.46. The summed E-state index contributed by atoms with van der Waals surface area (Å²) in [5.74, 6) is 0.836. The van der Waals surface area contributed by atoms with E-state index in [9.17, 15) is 9.90 Å². The number of hydrogen-bond donors (Lipinski definition) is 2. The van der Waals surface area contributed by atoms with Crippen molar-refractivity contribution in [3.63, 3.8) is 0 Å². The van der Waals surface area contributed by atoms with Gasteiger partial charge in [-0.2, -0.15) is 0 Å². The molecule has 0 aliphatic carbocycles. The molecule has 5 nitrogen and oxygen atoms in total. The summed E-state index contributed by atoms with van der Waals surface area (Å²) in [5, 5.41) is 12.3. The molecule has 0 bridgehead atoms. The van der Waals surface area contributed by atoms with Gasteiger partial charge in [0.05, 0.1) is 13.2 Å². The lowest BCUT2D eigenvalue weighted by Gasteiger charge is -2.28. The van der Waals surface area contributed by atoms with Gasteiger partial charge < -0.3 is 20.1 Å². The van der Waals surface area contributed by atoms with E-state index in [1.165, 1.54) is 0 Å². The molecule has 21 heavy (non-hydrogen) atoms. The van der Waals surface area contributed by atoms with E-state index in [1.807, 2.05) is 39.0 Å². The SMILES string of the molecule is COc1ccc(CNC(=O)N(CC(C)O)C(C)C)cc1C. The number of carbonyl (C=O) groups excluding carboxylic acids is 1. The standard InChI is InChI=1S/C16H26N2O3/c1-11(2)18(10-13(4)19)16(20)17-9-14-6-7-15(21-5)12(3)8-14/h6-8,11,13,19H,9-10H2,1-5H3,(H,17,20). The third-order valence-electron chi connectivity index (χ3n) is 3.25. The second-order valence-electron chi connectivity index (χ2n) is 5.56. The highest BCUT2D eigenvalue weighted by molar-refractivity contribution is 5.74. The van der Waals surface area contributed by atoms with Crippen molar-refractivity contribution < 1.29 is 14.6 Å². The van der Waals surface area contributed by atoms with Crippen LogP contribution in [0.15, 0.2) is 18.2 Å². The van der Waals surface area contributed by atoms with Crippen molar-refractivity contribution in [1.29, 1.82) is 0 Å². The Hall–Kier alpha value is -1.75. The molecule has 0 spiro atoms. The minimum atomic E-state index is -0.540. The van der Waals surface area contributed by atoms with Gasteiger partial charge in [-0.15, -0.1) is 0 Å². The average Bonchev–Trinajstić information content (AvgIpc) is 2.41. The molecule has 1 aromatic carbocycles. The van der Waals surface area contributed by atoms with Gasteiger partial charge in [0.15, 0.2) is 0 Å². The Kier molecular flexibility index (Phi) is 6.49. The zero-order valence-corrected chi connectivity index (χ0v) is 13.5. The highest BCUT2D eigenvalue weighted by Crippen LogP contribution is 2.18. The average molecular weight is 294 g/mol. The molecule has 0 aromatic heterocycles. The van der Waals surface area contributed by atoms with E-state index in [-0.39, 0.29) is 12.1 Å². The van der Waals surface area contributed by atoms with Gasteiger partial charge in [0.1, 0.15) is 5.75 Å². The first-order chi connectivity index (χ1) is 9.85. The van der Waals surface area contributed by atoms with Crippen molar-refractivity contribution >= 4 is 6.03 Å². The molecule has 0 aliphatic rings. The molecule has 1 aromatic rings. The maximum Gasteiger partial charge on any atom is 0.317 e. The van der Waals surface area contributed by atoms with Gasteiger partial charge in [-0.25, -0.2) is 4.79 Å². The first kappa shape index (κ1) is 17.3. The van der Waals surface area contributed by atoms with Crippen LogP contribution in [-0.4, -0.2) is 41.8 Å². The van der Waals surface area contributed by atoms with E-state index in [4.69, 9.17) is 4.74 Å². The Labute approximate surface area is 126 Å². The third-order valence-corrected chi connectivity index (χ3v) is 3.25. The predicted octanol–water partition coefficient (Wildman–Crippen LogP) is 2.30. The number of aliphatic hydroxyl groups is 1. The van der Waals surface area contributed by atoms with Crippen LogP contribution in [0.4, 0.5) is 4.79 Å². The number of aryl methyl sites for hydroxylation is 1. The summed E-state index contributed by atoms with van der Waals surface area (Å²) in [6.07, 6.45) is -0.540. The second-order valence-corrected chi connectivity index (χ2v) is 5.56. The van der Waals surface area contributed by atoms with E-state index < -0.39 is 6.10 Å². The quantitative estimate of drug-likeness (QED) is 0.846. The van der Waals surface area contributed by atoms with Crippen molar-refractivity contribution in [2.75, 3.05) is 13.7 Å². The molecule has 0 fully saturated rings. The Morgan fingerprint density at radius 3 is 2.52 bits per heavy atom. The van der Waals surface area contributed by atoms with Gasteiger partial charge in [-0.3, -0.25) is 0 Å². The maximum absolute atomic E-state index is 12.2. The number of methoxy groups -OCH3 is 1. The van der Waals surface area contributed by atoms with Crippen LogP contribution in [0.5, 0.6) is 5.75 Å². The summed E-state index contributed by atoms with van der Waals surface area (Å²) in [6.45, 7) is 8.28. The maximum atomic E-state index is 12.2. The fourth-order valence-corrected chi connectivity index (χ4v) is 2.14. The van der Waals surface area contributed by atoms with Gasteiger partial charge >= 0.3 is 6.03 Å². The number of aliphatic hydroxyl groups excluding tert-OH is 1. The number of hydrogen-bond acceptors (Lipinski definition) is 3. The Balaban J connectivity index is 2.64. The van der Waals surface area contributed by atoms with Crippen LogP contribution in [0.2, 0.25) is 0 Å². The van der Waals surface area contributed by atoms with Crippen LogP contribution >= 0.6 is 0 Å². The molecule has 0 aliphatic heterocycles. The fraction of sp³-hybridized carbons (Fsp3) is 0.562. The largest absolute Gasteiger partial charge is 0.496 e. The topological polar surface area (TPSA) is 61.8 Å². The molecule has 1 atom stereocenters. The van der Waals surface area contributed by atoms with Crippen molar-refractivity contribution in [3.05, 3.63) is 29.3 Å². The van der Waals surface area contributed by atoms with Gasteiger partial charge in [0.25, 0.3) is 0 Å². The van der Waals surface area contributed by atoms with E-state index in [1.54, 1.807) is 18.9 Å². The zero-order chi connectivity index (χ0) is 16.0. The molecular weight excluding hydrogens is 268 g/mol. The van der Waals surface area contributed by atoms with Crippen LogP contribution in [0.3, 0.4) is 0 Å². The fourth-order valence-electron chi connectivity index (χ4n) is 2.14. The summed E-state index contributed by atoms with van der Waals surface area (Å²) >= 11 is 0. The zero-order valence-electron chi connectivity index (χ0n) is 13.5. The number of benzene rings is 1. The minimum Gasteiger partial charge on any atom is -0.496 e. The van der Waals surface area contributed by atoms with Gasteiger partial charge in [-0.1, -0.05) is 12.1 Å². The van der Waals surface area contributed by atoms with Crippen LogP contribution in [0, 0.1) is 6.92 Å². The lowest BCUT2D eigenvalue weighted by molar-refractivity contribution is 0.119. The van der Waals surface area contributed by atoms with Crippen molar-refractivity contribution in [3.8, 4) is 5.75 Å². The number of amides is 2. The van der Waals surface area contributed by atoms with E-state index >= 15 is 0 Å². The van der Waals surface area contributed by atoms with Crippen LogP contribution in [-0.2, 0) is 6.54 Å². The molecule has 0 heterocycles. The highest BCUT2D eigenvalue weighted by atomic mass is 16.5. The highest BCUT2D eigenvalue weighted by Gasteiger charge is 2.18. The summed E-state index contributed by atoms with van der Waals surface area (Å²) in [4.78, 5) is 13.8. The van der Waals surface area contributed by atoms with Crippen LogP contribution < -0.4 is 10.1 Å². The number of carbonyl (C=O) groups is 1. The molecule has 1 rings (SSSR count). The van der Waals surface area contributed by atoms with E-state index in [2.05, 4.69) is 5.32 Å². The van der Waals surface area contributed by atoms with Crippen molar-refractivity contribution in [2.45, 2.75) is 46.4 Å². The number of rotatable bonds is 6. The van der Waals surface area contributed by atoms with Gasteiger partial charge in [-0.05, 0) is 44.9 Å². The molecule has 0 radical (unpaired) electrons. The molecule has 118 valence electrons. The van der Waals surface area contributed by atoms with Crippen LogP contribution in [0.25, 0.3) is 0 Å². The predicted molar refractivity (Wildman–Crippen MR) is 83.5 cm³/mol. The third kappa shape index (κ3) is 5.27. The van der Waals surface area contributed by atoms with Crippen molar-refractivity contribution in [2.24, 2.45) is 0 Å². The monoisotopic (exact) mass is 294 g/mol. The molecule has 2 amide bonds. The summed E-state index contributed by atoms with van der Waals surface area (Å²) in [7, 11) is 1.64. The van der Waals surface area contributed by atoms with E-state index in [0.717, 1.165) is 16.9 Å². The molecule has 0 saturated carbocycles. The Bertz CT molecular complexity index is 473. The van der Waals surface area contributed by atoms with Gasteiger partial charge in [0, 0.05) is 19.1 Å². The first-order valence-electron chi connectivity index (χ1n) is 7.21. The smallest absolute Gasteiger partial charge is 0.317 e.